The molecule has 0 spiro atoms. The molecular formula is C7H14O2Si. The maximum Gasteiger partial charge on any atom is 0.333 e. The third-order valence-electron chi connectivity index (χ3n) is 0.747. The predicted molar refractivity (Wildman–Crippen MR) is 44.9 cm³/mol. The third-order valence-corrected chi connectivity index (χ3v) is 0.951. The van der Waals surface area contributed by atoms with Gasteiger partial charge in [-0.05, 0) is 20.8 Å². The average molecular weight is 158 g/mol. The zero-order chi connectivity index (χ0) is 8.36. The highest BCUT2D eigenvalue weighted by Crippen LogP contribution is 2.05. The minimum absolute atomic E-state index is 0.268. The molecule has 0 saturated carbocycles. The SMILES string of the molecule is C=C(C)C(=O)OC(C)(C)[SiH3]. The van der Waals surface area contributed by atoms with Crippen molar-refractivity contribution in [3.63, 3.8) is 0 Å². The van der Waals surface area contributed by atoms with Crippen LogP contribution in [0.25, 0.3) is 0 Å². The van der Waals surface area contributed by atoms with Crippen molar-refractivity contribution in [3.8, 4) is 0 Å². The van der Waals surface area contributed by atoms with Gasteiger partial charge >= 0.3 is 5.97 Å². The van der Waals surface area contributed by atoms with E-state index in [2.05, 4.69) is 6.58 Å². The normalized spacial score (nSPS) is 11.1. The van der Waals surface area contributed by atoms with Crippen LogP contribution >= 0.6 is 0 Å². The summed E-state index contributed by atoms with van der Waals surface area (Å²) in [6, 6.07) is 0. The first kappa shape index (κ1) is 9.43. The van der Waals surface area contributed by atoms with Gasteiger partial charge in [-0.3, -0.25) is 0 Å². The lowest BCUT2D eigenvalue weighted by Gasteiger charge is -2.19. The molecular weight excluding hydrogens is 144 g/mol. The molecule has 0 aliphatic carbocycles. The van der Waals surface area contributed by atoms with Crippen molar-refractivity contribution in [1.29, 1.82) is 0 Å². The van der Waals surface area contributed by atoms with E-state index in [1.165, 1.54) is 0 Å². The smallest absolute Gasteiger partial charge is 0.333 e. The molecule has 0 aromatic heterocycles. The molecule has 0 rings (SSSR count). The van der Waals surface area contributed by atoms with Gasteiger partial charge in [-0.1, -0.05) is 6.58 Å². The Hall–Kier alpha value is -0.573. The van der Waals surface area contributed by atoms with E-state index < -0.39 is 0 Å². The van der Waals surface area contributed by atoms with Crippen LogP contribution in [0.15, 0.2) is 12.2 Å². The minimum atomic E-state index is -0.292. The second kappa shape index (κ2) is 3.01. The van der Waals surface area contributed by atoms with Crippen LogP contribution in [0.5, 0.6) is 0 Å². The summed E-state index contributed by atoms with van der Waals surface area (Å²) in [4.78, 5) is 10.9. The fourth-order valence-electron chi connectivity index (χ4n) is 0.365. The van der Waals surface area contributed by atoms with Gasteiger partial charge in [0.25, 0.3) is 0 Å². The molecule has 0 fully saturated rings. The van der Waals surface area contributed by atoms with E-state index in [4.69, 9.17) is 4.74 Å². The van der Waals surface area contributed by atoms with Gasteiger partial charge in [0.2, 0.25) is 0 Å². The molecule has 3 heteroatoms. The first-order valence-corrected chi connectivity index (χ1v) is 4.22. The van der Waals surface area contributed by atoms with Gasteiger partial charge in [0.15, 0.2) is 0 Å². The molecule has 0 atom stereocenters. The molecule has 0 heterocycles. The maximum atomic E-state index is 10.9. The van der Waals surface area contributed by atoms with E-state index in [1.807, 2.05) is 13.8 Å². The number of esters is 1. The van der Waals surface area contributed by atoms with Crippen LogP contribution in [0.4, 0.5) is 0 Å². The van der Waals surface area contributed by atoms with Gasteiger partial charge in [0.05, 0.1) is 15.5 Å². The van der Waals surface area contributed by atoms with Crippen LogP contribution in [-0.2, 0) is 9.53 Å². The van der Waals surface area contributed by atoms with Crippen molar-refractivity contribution < 1.29 is 9.53 Å². The Morgan fingerprint density at radius 1 is 1.60 bits per heavy atom. The highest BCUT2D eigenvalue weighted by molar-refractivity contribution is 6.15. The van der Waals surface area contributed by atoms with Crippen molar-refractivity contribution in [2.75, 3.05) is 0 Å². The Kier molecular flexibility index (Phi) is 2.84. The van der Waals surface area contributed by atoms with Gasteiger partial charge in [-0.25, -0.2) is 4.79 Å². The monoisotopic (exact) mass is 158 g/mol. The molecule has 0 aliphatic rings. The van der Waals surface area contributed by atoms with Crippen LogP contribution < -0.4 is 0 Å². The highest BCUT2D eigenvalue weighted by Gasteiger charge is 2.15. The topological polar surface area (TPSA) is 26.3 Å². The lowest BCUT2D eigenvalue weighted by Crippen LogP contribution is -2.28. The van der Waals surface area contributed by atoms with Gasteiger partial charge in [-0.2, -0.15) is 0 Å². The maximum absolute atomic E-state index is 10.9. The van der Waals surface area contributed by atoms with E-state index in [1.54, 1.807) is 6.92 Å². The predicted octanol–water partition coefficient (Wildman–Crippen LogP) is 0.207. The quantitative estimate of drug-likeness (QED) is 0.326. The number of hydrogen-bond acceptors (Lipinski definition) is 2. The Morgan fingerprint density at radius 2 is 2.00 bits per heavy atom. The highest BCUT2D eigenvalue weighted by atomic mass is 28.1. The molecule has 0 radical (unpaired) electrons. The number of ether oxygens (including phenoxy) is 1. The van der Waals surface area contributed by atoms with Crippen molar-refractivity contribution in [3.05, 3.63) is 12.2 Å². The van der Waals surface area contributed by atoms with Crippen molar-refractivity contribution in [1.82, 2.24) is 0 Å². The summed E-state index contributed by atoms with van der Waals surface area (Å²) in [6.45, 7) is 8.91. The van der Waals surface area contributed by atoms with Gasteiger partial charge in [-0.15, -0.1) is 0 Å². The molecule has 0 aromatic carbocycles. The molecule has 10 heavy (non-hydrogen) atoms. The van der Waals surface area contributed by atoms with Crippen LogP contribution in [0, 0.1) is 0 Å². The first-order valence-electron chi connectivity index (χ1n) is 3.22. The van der Waals surface area contributed by atoms with E-state index in [0.717, 1.165) is 10.2 Å². The van der Waals surface area contributed by atoms with Crippen LogP contribution in [-0.4, -0.2) is 21.4 Å². The van der Waals surface area contributed by atoms with E-state index in [0.29, 0.717) is 5.57 Å². The first-order chi connectivity index (χ1) is 4.33. The molecule has 0 aromatic rings. The van der Waals surface area contributed by atoms with Crippen LogP contribution in [0.2, 0.25) is 0 Å². The second-order valence-electron chi connectivity index (χ2n) is 3.28. The van der Waals surface area contributed by atoms with Crippen LogP contribution in [0.3, 0.4) is 0 Å². The standard InChI is InChI=1S/C7H14O2Si/c1-5(2)6(8)9-7(3,4)10/h1H2,2-4,10H3. The summed E-state index contributed by atoms with van der Waals surface area (Å²) < 4.78 is 5.02. The van der Waals surface area contributed by atoms with E-state index >= 15 is 0 Å². The molecule has 0 bridgehead atoms. The second-order valence-corrected chi connectivity index (χ2v) is 5.69. The minimum Gasteiger partial charge on any atom is -0.461 e. The average Bonchev–Trinajstić information content (AvgIpc) is 1.60. The zero-order valence-electron chi connectivity index (χ0n) is 7.02. The van der Waals surface area contributed by atoms with E-state index in [9.17, 15) is 4.79 Å². The fraction of sp³-hybridized carbons (Fsp3) is 0.571. The number of carbonyl (C=O) groups is 1. The molecule has 0 unspecified atom stereocenters. The molecule has 0 saturated heterocycles. The zero-order valence-corrected chi connectivity index (χ0v) is 9.02. The van der Waals surface area contributed by atoms with Gasteiger partial charge < -0.3 is 4.74 Å². The molecule has 0 N–H and O–H groups in total. The lowest BCUT2D eigenvalue weighted by molar-refractivity contribution is -0.145. The summed E-state index contributed by atoms with van der Waals surface area (Å²) in [5.74, 6) is -0.292. The molecule has 58 valence electrons. The number of rotatable bonds is 2. The van der Waals surface area contributed by atoms with Gasteiger partial charge in [0, 0.05) is 5.57 Å². The summed E-state index contributed by atoms with van der Waals surface area (Å²) in [6.07, 6.45) is 0. The Balaban J connectivity index is 3.93. The van der Waals surface area contributed by atoms with Gasteiger partial charge in [0.1, 0.15) is 0 Å². The van der Waals surface area contributed by atoms with Crippen molar-refractivity contribution in [2.45, 2.75) is 26.0 Å². The molecule has 2 nitrogen and oxygen atoms in total. The summed E-state index contributed by atoms with van der Waals surface area (Å²) in [5, 5.41) is -0.268. The Morgan fingerprint density at radius 3 is 2.10 bits per heavy atom. The largest absolute Gasteiger partial charge is 0.461 e. The van der Waals surface area contributed by atoms with E-state index in [-0.39, 0.29) is 11.2 Å². The fourth-order valence-corrected chi connectivity index (χ4v) is 0.551. The Bertz CT molecular complexity index is 155. The summed E-state index contributed by atoms with van der Waals surface area (Å²) in [7, 11) is 0.838. The number of hydrogen-bond donors (Lipinski definition) is 0. The summed E-state index contributed by atoms with van der Waals surface area (Å²) >= 11 is 0. The van der Waals surface area contributed by atoms with Crippen LogP contribution in [0.1, 0.15) is 20.8 Å². The third kappa shape index (κ3) is 4.32. The Labute approximate surface area is 64.7 Å². The summed E-state index contributed by atoms with van der Waals surface area (Å²) in [5.41, 5.74) is 0.462. The lowest BCUT2D eigenvalue weighted by atomic mass is 10.3. The van der Waals surface area contributed by atoms with Crippen molar-refractivity contribution >= 4 is 16.2 Å². The van der Waals surface area contributed by atoms with Crippen molar-refractivity contribution in [2.24, 2.45) is 0 Å². The number of carbonyl (C=O) groups excluding carboxylic acids is 1. The molecule has 0 aliphatic heterocycles. The molecule has 0 amide bonds.